The van der Waals surface area contributed by atoms with Crippen LogP contribution in [-0.2, 0) is 0 Å². The molecular weight excluding hydrogens is 234 g/mol. The third-order valence-electron chi connectivity index (χ3n) is 2.60. The van der Waals surface area contributed by atoms with Crippen LogP contribution in [0, 0.1) is 0 Å². The summed E-state index contributed by atoms with van der Waals surface area (Å²) in [5, 5.41) is 2.94. The molecule has 0 saturated carbocycles. The Balaban J connectivity index is 0.00000256. The second kappa shape index (κ2) is 10.2. The smallest absolute Gasteiger partial charge is 0.251 e. The zero-order valence-corrected chi connectivity index (χ0v) is 11.3. The Kier molecular flexibility index (Phi) is 9.55. The van der Waals surface area contributed by atoms with Crippen molar-refractivity contribution >= 4 is 18.3 Å². The summed E-state index contributed by atoms with van der Waals surface area (Å²) in [7, 11) is 0. The van der Waals surface area contributed by atoms with E-state index >= 15 is 0 Å². The van der Waals surface area contributed by atoms with E-state index in [1.165, 1.54) is 25.7 Å². The minimum absolute atomic E-state index is 0. The van der Waals surface area contributed by atoms with Gasteiger partial charge in [0.15, 0.2) is 0 Å². The molecule has 0 atom stereocenters. The van der Waals surface area contributed by atoms with E-state index in [1.807, 2.05) is 30.3 Å². The number of rotatable bonds is 7. The molecule has 1 rings (SSSR count). The van der Waals surface area contributed by atoms with Crippen molar-refractivity contribution in [2.45, 2.75) is 39.0 Å². The summed E-state index contributed by atoms with van der Waals surface area (Å²) in [6.45, 7) is 2.99. The standard InChI is InChI=1S/C14H21NO.ClH/c1-2-3-4-5-9-12-15-14(16)13-10-7-6-8-11-13;/h6-8,10-11H,2-5,9,12H2,1H3,(H,15,16);1H. The second-order valence-corrected chi connectivity index (χ2v) is 4.04. The zero-order valence-electron chi connectivity index (χ0n) is 10.4. The molecule has 0 aromatic heterocycles. The van der Waals surface area contributed by atoms with E-state index in [1.54, 1.807) is 0 Å². The van der Waals surface area contributed by atoms with Crippen molar-refractivity contribution < 1.29 is 4.79 Å². The Morgan fingerprint density at radius 1 is 1.06 bits per heavy atom. The Morgan fingerprint density at radius 2 is 1.71 bits per heavy atom. The molecule has 1 aromatic carbocycles. The fraction of sp³-hybridized carbons (Fsp3) is 0.500. The number of hydrogen-bond donors (Lipinski definition) is 1. The number of carbonyl (C=O) groups is 1. The summed E-state index contributed by atoms with van der Waals surface area (Å²) >= 11 is 0. The van der Waals surface area contributed by atoms with E-state index in [4.69, 9.17) is 0 Å². The molecule has 0 saturated heterocycles. The molecule has 96 valence electrons. The Labute approximate surface area is 110 Å². The monoisotopic (exact) mass is 255 g/mol. The van der Waals surface area contributed by atoms with Gasteiger partial charge in [-0.3, -0.25) is 4.79 Å². The highest BCUT2D eigenvalue weighted by molar-refractivity contribution is 5.94. The van der Waals surface area contributed by atoms with Gasteiger partial charge >= 0.3 is 0 Å². The van der Waals surface area contributed by atoms with E-state index < -0.39 is 0 Å². The summed E-state index contributed by atoms with van der Waals surface area (Å²) < 4.78 is 0. The molecule has 1 N–H and O–H groups in total. The van der Waals surface area contributed by atoms with Crippen LogP contribution in [0.5, 0.6) is 0 Å². The number of unbranched alkanes of at least 4 members (excludes halogenated alkanes) is 4. The average Bonchev–Trinajstić information content (AvgIpc) is 2.34. The fourth-order valence-electron chi connectivity index (χ4n) is 1.62. The molecule has 0 unspecified atom stereocenters. The quantitative estimate of drug-likeness (QED) is 0.738. The normalized spacial score (nSPS) is 9.47. The minimum Gasteiger partial charge on any atom is -0.352 e. The van der Waals surface area contributed by atoms with Gasteiger partial charge in [-0.05, 0) is 18.6 Å². The maximum atomic E-state index is 11.6. The van der Waals surface area contributed by atoms with Gasteiger partial charge < -0.3 is 5.32 Å². The number of nitrogens with one attached hydrogen (secondary N) is 1. The average molecular weight is 256 g/mol. The van der Waals surface area contributed by atoms with Gasteiger partial charge in [-0.15, -0.1) is 12.4 Å². The molecule has 0 fully saturated rings. The maximum absolute atomic E-state index is 11.6. The lowest BCUT2D eigenvalue weighted by atomic mass is 10.1. The van der Waals surface area contributed by atoms with Gasteiger partial charge in [-0.25, -0.2) is 0 Å². The van der Waals surface area contributed by atoms with Gasteiger partial charge in [-0.2, -0.15) is 0 Å². The first kappa shape index (κ1) is 16.0. The largest absolute Gasteiger partial charge is 0.352 e. The second-order valence-electron chi connectivity index (χ2n) is 4.04. The van der Waals surface area contributed by atoms with Crippen LogP contribution in [0.1, 0.15) is 49.4 Å². The molecule has 0 aliphatic rings. The van der Waals surface area contributed by atoms with Crippen molar-refractivity contribution in [1.82, 2.24) is 5.32 Å². The van der Waals surface area contributed by atoms with Crippen molar-refractivity contribution in [2.24, 2.45) is 0 Å². The zero-order chi connectivity index (χ0) is 11.6. The molecule has 0 radical (unpaired) electrons. The van der Waals surface area contributed by atoms with Crippen molar-refractivity contribution in [1.29, 1.82) is 0 Å². The number of carbonyl (C=O) groups excluding carboxylic acids is 1. The number of amides is 1. The van der Waals surface area contributed by atoms with E-state index in [-0.39, 0.29) is 18.3 Å². The highest BCUT2D eigenvalue weighted by Crippen LogP contribution is 2.02. The molecule has 0 spiro atoms. The number of hydrogen-bond acceptors (Lipinski definition) is 1. The van der Waals surface area contributed by atoms with E-state index in [0.717, 1.165) is 18.5 Å². The Bertz CT molecular complexity index is 300. The van der Waals surface area contributed by atoms with Crippen LogP contribution in [0.3, 0.4) is 0 Å². The van der Waals surface area contributed by atoms with E-state index in [9.17, 15) is 4.79 Å². The van der Waals surface area contributed by atoms with Gasteiger partial charge in [0.2, 0.25) is 0 Å². The first-order chi connectivity index (χ1) is 7.84. The first-order valence-electron chi connectivity index (χ1n) is 6.18. The molecule has 1 amide bonds. The predicted octanol–water partition coefficient (Wildman–Crippen LogP) is 3.81. The van der Waals surface area contributed by atoms with Gasteiger partial charge in [0.1, 0.15) is 0 Å². The molecule has 2 nitrogen and oxygen atoms in total. The lowest BCUT2D eigenvalue weighted by Crippen LogP contribution is -2.24. The first-order valence-corrected chi connectivity index (χ1v) is 6.18. The van der Waals surface area contributed by atoms with Crippen molar-refractivity contribution in [2.75, 3.05) is 6.54 Å². The molecule has 1 aromatic rings. The highest BCUT2D eigenvalue weighted by atomic mass is 35.5. The lowest BCUT2D eigenvalue weighted by molar-refractivity contribution is 0.0953. The van der Waals surface area contributed by atoms with Crippen LogP contribution >= 0.6 is 12.4 Å². The molecule has 0 aliphatic carbocycles. The van der Waals surface area contributed by atoms with Crippen LogP contribution in [-0.4, -0.2) is 12.5 Å². The SMILES string of the molecule is CCCCCCCNC(=O)c1ccccc1.Cl. The van der Waals surface area contributed by atoms with Gasteiger partial charge in [0.05, 0.1) is 0 Å². The summed E-state index contributed by atoms with van der Waals surface area (Å²) in [5.41, 5.74) is 0.746. The topological polar surface area (TPSA) is 29.1 Å². The van der Waals surface area contributed by atoms with E-state index in [2.05, 4.69) is 12.2 Å². The van der Waals surface area contributed by atoms with Crippen molar-refractivity contribution in [3.8, 4) is 0 Å². The number of halogens is 1. The molecule has 17 heavy (non-hydrogen) atoms. The third-order valence-corrected chi connectivity index (χ3v) is 2.60. The third kappa shape index (κ3) is 7.01. The molecule has 3 heteroatoms. The van der Waals surface area contributed by atoms with Gasteiger partial charge in [0.25, 0.3) is 5.91 Å². The molecule has 0 heterocycles. The fourth-order valence-corrected chi connectivity index (χ4v) is 1.62. The van der Waals surface area contributed by atoms with Crippen LogP contribution in [0.4, 0.5) is 0 Å². The number of benzene rings is 1. The Hall–Kier alpha value is -1.02. The van der Waals surface area contributed by atoms with Gasteiger partial charge in [0, 0.05) is 12.1 Å². The lowest BCUT2D eigenvalue weighted by Gasteiger charge is -2.04. The molecular formula is C14H22ClNO. The van der Waals surface area contributed by atoms with E-state index in [0.29, 0.717) is 0 Å². The van der Waals surface area contributed by atoms with Crippen molar-refractivity contribution in [3.63, 3.8) is 0 Å². The highest BCUT2D eigenvalue weighted by Gasteiger charge is 2.02. The van der Waals surface area contributed by atoms with Crippen LogP contribution in [0.15, 0.2) is 30.3 Å². The van der Waals surface area contributed by atoms with Gasteiger partial charge in [-0.1, -0.05) is 50.8 Å². The summed E-state index contributed by atoms with van der Waals surface area (Å²) in [6.07, 6.45) is 6.13. The maximum Gasteiger partial charge on any atom is 0.251 e. The van der Waals surface area contributed by atoms with Crippen LogP contribution < -0.4 is 5.32 Å². The summed E-state index contributed by atoms with van der Waals surface area (Å²) in [5.74, 6) is 0.0380. The summed E-state index contributed by atoms with van der Waals surface area (Å²) in [6, 6.07) is 9.37. The van der Waals surface area contributed by atoms with Crippen molar-refractivity contribution in [3.05, 3.63) is 35.9 Å². The predicted molar refractivity (Wildman–Crippen MR) is 74.8 cm³/mol. The minimum atomic E-state index is 0. The Morgan fingerprint density at radius 3 is 2.35 bits per heavy atom. The molecule has 0 bridgehead atoms. The summed E-state index contributed by atoms with van der Waals surface area (Å²) in [4.78, 5) is 11.6. The molecule has 0 aliphatic heterocycles. The van der Waals surface area contributed by atoms with Crippen LogP contribution in [0.25, 0.3) is 0 Å². The van der Waals surface area contributed by atoms with Crippen LogP contribution in [0.2, 0.25) is 0 Å².